The van der Waals surface area contributed by atoms with Crippen LogP contribution in [0.15, 0.2) is 18.2 Å². The lowest BCUT2D eigenvalue weighted by molar-refractivity contribution is 0.0318. The summed E-state index contributed by atoms with van der Waals surface area (Å²) in [5, 5.41) is 0. The van der Waals surface area contributed by atoms with E-state index in [0.717, 1.165) is 30.7 Å². The Balaban J connectivity index is 2.05. The molecule has 0 saturated carbocycles. The zero-order valence-electron chi connectivity index (χ0n) is 10.3. The van der Waals surface area contributed by atoms with Gasteiger partial charge in [-0.25, -0.2) is 4.39 Å². The van der Waals surface area contributed by atoms with Gasteiger partial charge in [0.1, 0.15) is 17.7 Å². The number of hydrogen-bond acceptors (Lipinski definition) is 2. The SMILES string of the molecule is CC(C)N1CCCC2Oc3cccc(F)c3C21. The van der Waals surface area contributed by atoms with Crippen molar-refractivity contribution in [2.75, 3.05) is 6.54 Å². The van der Waals surface area contributed by atoms with Gasteiger partial charge in [-0.05, 0) is 45.4 Å². The molecule has 0 radical (unpaired) electrons. The second kappa shape index (κ2) is 3.98. The number of halogens is 1. The highest BCUT2D eigenvalue weighted by Gasteiger charge is 2.43. The molecule has 1 fully saturated rings. The molecule has 92 valence electrons. The van der Waals surface area contributed by atoms with E-state index in [9.17, 15) is 4.39 Å². The minimum atomic E-state index is -0.123. The molecule has 0 N–H and O–H groups in total. The third-order valence-corrected chi connectivity index (χ3v) is 3.86. The van der Waals surface area contributed by atoms with Gasteiger partial charge in [0.25, 0.3) is 0 Å². The Kier molecular flexibility index (Phi) is 2.58. The average molecular weight is 235 g/mol. The second-order valence-corrected chi connectivity index (χ2v) is 5.23. The van der Waals surface area contributed by atoms with E-state index >= 15 is 0 Å². The van der Waals surface area contributed by atoms with E-state index in [4.69, 9.17) is 4.74 Å². The molecule has 0 spiro atoms. The summed E-state index contributed by atoms with van der Waals surface area (Å²) in [6.07, 6.45) is 2.30. The van der Waals surface area contributed by atoms with Crippen molar-refractivity contribution in [3.05, 3.63) is 29.6 Å². The minimum Gasteiger partial charge on any atom is -0.488 e. The molecule has 0 aromatic heterocycles. The number of likely N-dealkylation sites (tertiary alicyclic amines) is 1. The number of rotatable bonds is 1. The van der Waals surface area contributed by atoms with E-state index in [1.807, 2.05) is 6.07 Å². The van der Waals surface area contributed by atoms with Gasteiger partial charge in [0, 0.05) is 6.04 Å². The van der Waals surface area contributed by atoms with Crippen molar-refractivity contribution < 1.29 is 9.13 Å². The molecular weight excluding hydrogens is 217 g/mol. The average Bonchev–Trinajstić information content (AvgIpc) is 2.67. The fourth-order valence-electron chi connectivity index (χ4n) is 3.11. The van der Waals surface area contributed by atoms with Crippen molar-refractivity contribution in [3.63, 3.8) is 0 Å². The van der Waals surface area contributed by atoms with Crippen LogP contribution in [0.2, 0.25) is 0 Å². The zero-order valence-corrected chi connectivity index (χ0v) is 10.3. The molecule has 2 nitrogen and oxygen atoms in total. The number of nitrogens with zero attached hydrogens (tertiary/aromatic N) is 1. The van der Waals surface area contributed by atoms with E-state index in [-0.39, 0.29) is 18.0 Å². The summed E-state index contributed by atoms with van der Waals surface area (Å²) in [6.45, 7) is 5.37. The minimum absolute atomic E-state index is 0.111. The van der Waals surface area contributed by atoms with Crippen LogP contribution in [-0.4, -0.2) is 23.6 Å². The maximum Gasteiger partial charge on any atom is 0.131 e. The van der Waals surface area contributed by atoms with Gasteiger partial charge < -0.3 is 4.74 Å². The lowest BCUT2D eigenvalue weighted by atomic mass is 9.93. The maximum absolute atomic E-state index is 14.0. The third kappa shape index (κ3) is 1.64. The van der Waals surface area contributed by atoms with Crippen LogP contribution in [0, 0.1) is 5.82 Å². The quantitative estimate of drug-likeness (QED) is 0.741. The highest BCUT2D eigenvalue weighted by Crippen LogP contribution is 2.45. The molecule has 0 aliphatic carbocycles. The Morgan fingerprint density at radius 3 is 3.00 bits per heavy atom. The van der Waals surface area contributed by atoms with Gasteiger partial charge in [0.15, 0.2) is 0 Å². The van der Waals surface area contributed by atoms with Crippen LogP contribution in [-0.2, 0) is 0 Å². The van der Waals surface area contributed by atoms with E-state index in [2.05, 4.69) is 18.7 Å². The van der Waals surface area contributed by atoms with Crippen LogP contribution in [0.25, 0.3) is 0 Å². The Bertz CT molecular complexity index is 432. The van der Waals surface area contributed by atoms with E-state index in [1.165, 1.54) is 6.07 Å². The summed E-state index contributed by atoms with van der Waals surface area (Å²) >= 11 is 0. The fraction of sp³-hybridized carbons (Fsp3) is 0.571. The molecule has 2 heterocycles. The molecule has 2 atom stereocenters. The van der Waals surface area contributed by atoms with Crippen LogP contribution in [0.3, 0.4) is 0 Å². The first kappa shape index (κ1) is 11.0. The molecule has 2 aliphatic rings. The number of hydrogen-bond donors (Lipinski definition) is 0. The zero-order chi connectivity index (χ0) is 12.0. The monoisotopic (exact) mass is 235 g/mol. The molecule has 1 aromatic carbocycles. The third-order valence-electron chi connectivity index (χ3n) is 3.86. The molecule has 2 unspecified atom stereocenters. The maximum atomic E-state index is 14.0. The van der Waals surface area contributed by atoms with E-state index < -0.39 is 0 Å². The largest absolute Gasteiger partial charge is 0.488 e. The molecule has 0 bridgehead atoms. The number of benzene rings is 1. The van der Waals surface area contributed by atoms with Crippen molar-refractivity contribution in [2.45, 2.75) is 44.9 Å². The summed E-state index contributed by atoms with van der Waals surface area (Å²) in [7, 11) is 0. The number of piperidine rings is 1. The topological polar surface area (TPSA) is 12.5 Å². The summed E-state index contributed by atoms with van der Waals surface area (Å²) in [4.78, 5) is 2.36. The second-order valence-electron chi connectivity index (χ2n) is 5.23. The predicted octanol–water partition coefficient (Wildman–Crippen LogP) is 3.13. The van der Waals surface area contributed by atoms with Crippen LogP contribution in [0.4, 0.5) is 4.39 Å². The summed E-state index contributed by atoms with van der Waals surface area (Å²) in [5.74, 6) is 0.620. The summed E-state index contributed by atoms with van der Waals surface area (Å²) in [6, 6.07) is 5.69. The van der Waals surface area contributed by atoms with Crippen LogP contribution in [0.5, 0.6) is 5.75 Å². The smallest absolute Gasteiger partial charge is 0.131 e. The van der Waals surface area contributed by atoms with Gasteiger partial charge in [-0.15, -0.1) is 0 Å². The first-order valence-corrected chi connectivity index (χ1v) is 6.39. The van der Waals surface area contributed by atoms with Gasteiger partial charge in [0.05, 0.1) is 11.6 Å². The molecule has 0 amide bonds. The van der Waals surface area contributed by atoms with Gasteiger partial charge >= 0.3 is 0 Å². The predicted molar refractivity (Wildman–Crippen MR) is 64.6 cm³/mol. The highest BCUT2D eigenvalue weighted by molar-refractivity contribution is 5.42. The van der Waals surface area contributed by atoms with E-state index in [0.29, 0.717) is 6.04 Å². The summed E-state index contributed by atoms with van der Waals surface area (Å²) in [5.41, 5.74) is 0.769. The van der Waals surface area contributed by atoms with Gasteiger partial charge in [0.2, 0.25) is 0 Å². The van der Waals surface area contributed by atoms with Gasteiger partial charge in [-0.1, -0.05) is 6.07 Å². The normalized spacial score (nSPS) is 27.8. The standard InChI is InChI=1S/C14H18FNO/c1-9(2)16-8-4-7-12-14(16)13-10(15)5-3-6-11(13)17-12/h3,5-6,9,12,14H,4,7-8H2,1-2H3. The molecule has 1 aromatic rings. The van der Waals surface area contributed by atoms with Crippen LogP contribution in [0.1, 0.15) is 38.3 Å². The van der Waals surface area contributed by atoms with Crippen molar-refractivity contribution in [3.8, 4) is 5.75 Å². The fourth-order valence-corrected chi connectivity index (χ4v) is 3.11. The highest BCUT2D eigenvalue weighted by atomic mass is 19.1. The lowest BCUT2D eigenvalue weighted by Crippen LogP contribution is -2.44. The molecule has 17 heavy (non-hydrogen) atoms. The summed E-state index contributed by atoms with van der Waals surface area (Å²) < 4.78 is 19.9. The Hall–Kier alpha value is -1.09. The number of fused-ring (bicyclic) bond motifs is 3. The molecule has 3 heteroatoms. The molecule has 2 aliphatic heterocycles. The number of ether oxygens (including phenoxy) is 1. The van der Waals surface area contributed by atoms with Crippen molar-refractivity contribution in [2.24, 2.45) is 0 Å². The van der Waals surface area contributed by atoms with Crippen molar-refractivity contribution >= 4 is 0 Å². The van der Waals surface area contributed by atoms with E-state index in [1.54, 1.807) is 6.07 Å². The lowest BCUT2D eigenvalue weighted by Gasteiger charge is -2.39. The molecule has 1 saturated heterocycles. The van der Waals surface area contributed by atoms with Gasteiger partial charge in [-0.2, -0.15) is 0 Å². The Labute approximate surface area is 101 Å². The first-order valence-electron chi connectivity index (χ1n) is 6.39. The Morgan fingerprint density at radius 2 is 2.24 bits per heavy atom. The van der Waals surface area contributed by atoms with Crippen molar-refractivity contribution in [1.29, 1.82) is 0 Å². The van der Waals surface area contributed by atoms with Crippen LogP contribution < -0.4 is 4.74 Å². The van der Waals surface area contributed by atoms with Crippen LogP contribution >= 0.6 is 0 Å². The molecule has 3 rings (SSSR count). The first-order chi connectivity index (χ1) is 8.18. The Morgan fingerprint density at radius 1 is 1.41 bits per heavy atom. The molecular formula is C14H18FNO. The van der Waals surface area contributed by atoms with Crippen molar-refractivity contribution in [1.82, 2.24) is 4.90 Å². The van der Waals surface area contributed by atoms with Gasteiger partial charge in [-0.3, -0.25) is 4.90 Å².